The molecule has 0 saturated carbocycles. The Morgan fingerprint density at radius 2 is 2.06 bits per heavy atom. The fraction of sp³-hybridized carbons (Fsp3) is 0.500. The van der Waals surface area contributed by atoms with Crippen molar-refractivity contribution in [2.45, 2.75) is 31.6 Å². The lowest BCUT2D eigenvalue weighted by atomic mass is 10.1. The van der Waals surface area contributed by atoms with Crippen molar-refractivity contribution in [3.63, 3.8) is 0 Å². The summed E-state index contributed by atoms with van der Waals surface area (Å²) in [5.74, 6) is 6.51. The van der Waals surface area contributed by atoms with Crippen LogP contribution in [0.4, 0.5) is 0 Å². The molecular formula is C12H18Cl2N2S. The van der Waals surface area contributed by atoms with E-state index in [2.05, 4.69) is 19.3 Å². The van der Waals surface area contributed by atoms with Crippen LogP contribution in [0.2, 0.25) is 10.0 Å². The molecule has 5 heteroatoms. The second-order valence-corrected chi connectivity index (χ2v) is 6.56. The van der Waals surface area contributed by atoms with E-state index in [4.69, 9.17) is 29.0 Å². The van der Waals surface area contributed by atoms with Gasteiger partial charge < -0.3 is 0 Å². The third-order valence-electron chi connectivity index (χ3n) is 2.36. The third-order valence-corrected chi connectivity index (χ3v) is 4.48. The number of halogens is 2. The summed E-state index contributed by atoms with van der Waals surface area (Å²) in [6.45, 7) is 4.34. The maximum atomic E-state index is 6.15. The Labute approximate surface area is 117 Å². The molecule has 0 saturated heterocycles. The quantitative estimate of drug-likeness (QED) is 0.622. The lowest BCUT2D eigenvalue weighted by Crippen LogP contribution is -2.39. The normalized spacial score (nSPS) is 13.1. The lowest BCUT2D eigenvalue weighted by molar-refractivity contribution is 0.575. The van der Waals surface area contributed by atoms with E-state index in [1.807, 2.05) is 23.9 Å². The summed E-state index contributed by atoms with van der Waals surface area (Å²) < 4.78 is 0. The van der Waals surface area contributed by atoms with E-state index in [1.54, 1.807) is 6.07 Å². The van der Waals surface area contributed by atoms with E-state index in [0.717, 1.165) is 17.7 Å². The first-order chi connectivity index (χ1) is 8.04. The highest BCUT2D eigenvalue weighted by Crippen LogP contribution is 2.26. The summed E-state index contributed by atoms with van der Waals surface area (Å²) in [5.41, 5.74) is 3.86. The summed E-state index contributed by atoms with van der Waals surface area (Å²) in [6.07, 6.45) is 0.787. The van der Waals surface area contributed by atoms with Gasteiger partial charge in [-0.3, -0.25) is 11.3 Å². The van der Waals surface area contributed by atoms with E-state index in [-0.39, 0.29) is 6.04 Å². The van der Waals surface area contributed by atoms with Crippen molar-refractivity contribution in [1.82, 2.24) is 5.43 Å². The summed E-state index contributed by atoms with van der Waals surface area (Å²) in [5, 5.41) is 1.82. The second kappa shape index (κ2) is 7.49. The van der Waals surface area contributed by atoms with Gasteiger partial charge in [0.2, 0.25) is 0 Å². The van der Waals surface area contributed by atoms with Gasteiger partial charge in [0, 0.05) is 11.8 Å². The summed E-state index contributed by atoms with van der Waals surface area (Å²) in [4.78, 5) is 0. The number of benzene rings is 1. The monoisotopic (exact) mass is 292 g/mol. The molecule has 0 amide bonds. The van der Waals surface area contributed by atoms with Gasteiger partial charge in [-0.1, -0.05) is 49.2 Å². The number of hydrogen-bond acceptors (Lipinski definition) is 3. The molecule has 1 rings (SSSR count). The molecule has 0 aromatic heterocycles. The molecule has 17 heavy (non-hydrogen) atoms. The van der Waals surface area contributed by atoms with Gasteiger partial charge in [-0.05, 0) is 23.3 Å². The molecule has 0 spiro atoms. The number of nitrogens with one attached hydrogen (secondary N) is 1. The Morgan fingerprint density at radius 1 is 1.35 bits per heavy atom. The van der Waals surface area contributed by atoms with Crippen LogP contribution in [0.15, 0.2) is 18.2 Å². The molecule has 1 atom stereocenters. The van der Waals surface area contributed by atoms with Gasteiger partial charge in [0.15, 0.2) is 0 Å². The van der Waals surface area contributed by atoms with Crippen molar-refractivity contribution >= 4 is 35.0 Å². The topological polar surface area (TPSA) is 38.0 Å². The lowest BCUT2D eigenvalue weighted by Gasteiger charge is -2.17. The molecule has 0 aliphatic heterocycles. The SMILES string of the molecule is CC(C)SCC(Cc1cccc(Cl)c1Cl)NN. The molecule has 0 aliphatic carbocycles. The Bertz CT molecular complexity index is 358. The minimum atomic E-state index is 0.207. The van der Waals surface area contributed by atoms with Crippen LogP contribution in [0, 0.1) is 0 Å². The number of hydrazine groups is 1. The number of thioether (sulfide) groups is 1. The van der Waals surface area contributed by atoms with Crippen LogP contribution in [0.3, 0.4) is 0 Å². The van der Waals surface area contributed by atoms with Crippen LogP contribution >= 0.6 is 35.0 Å². The molecule has 0 heterocycles. The van der Waals surface area contributed by atoms with Crippen molar-refractivity contribution in [2.75, 3.05) is 5.75 Å². The zero-order valence-corrected chi connectivity index (χ0v) is 12.4. The first-order valence-electron chi connectivity index (χ1n) is 5.55. The van der Waals surface area contributed by atoms with Crippen LogP contribution in [0.5, 0.6) is 0 Å². The fourth-order valence-electron chi connectivity index (χ4n) is 1.45. The average Bonchev–Trinajstić information content (AvgIpc) is 2.29. The number of nitrogens with two attached hydrogens (primary N) is 1. The van der Waals surface area contributed by atoms with Crippen LogP contribution in [-0.4, -0.2) is 17.0 Å². The Balaban J connectivity index is 2.64. The number of rotatable bonds is 6. The molecule has 1 unspecified atom stereocenters. The van der Waals surface area contributed by atoms with Crippen molar-refractivity contribution in [3.8, 4) is 0 Å². The molecule has 2 nitrogen and oxygen atoms in total. The maximum absolute atomic E-state index is 6.15. The third kappa shape index (κ3) is 5.06. The van der Waals surface area contributed by atoms with Crippen LogP contribution < -0.4 is 11.3 Å². The van der Waals surface area contributed by atoms with Crippen molar-refractivity contribution in [1.29, 1.82) is 0 Å². The fourth-order valence-corrected chi connectivity index (χ4v) is 2.67. The standard InChI is InChI=1S/C12H18Cl2N2S/c1-8(2)17-7-10(16-15)6-9-4-3-5-11(13)12(9)14/h3-5,8,10,16H,6-7,15H2,1-2H3. The van der Waals surface area contributed by atoms with Crippen LogP contribution in [-0.2, 0) is 6.42 Å². The maximum Gasteiger partial charge on any atom is 0.0624 e. The first kappa shape index (κ1) is 15.1. The van der Waals surface area contributed by atoms with Gasteiger partial charge in [0.25, 0.3) is 0 Å². The largest absolute Gasteiger partial charge is 0.271 e. The van der Waals surface area contributed by atoms with Crippen molar-refractivity contribution in [3.05, 3.63) is 33.8 Å². The second-order valence-electron chi connectivity index (χ2n) is 4.16. The molecule has 0 aliphatic rings. The van der Waals surface area contributed by atoms with Gasteiger partial charge in [0.1, 0.15) is 0 Å². The smallest absolute Gasteiger partial charge is 0.0624 e. The number of hydrogen-bond donors (Lipinski definition) is 2. The minimum absolute atomic E-state index is 0.207. The predicted octanol–water partition coefficient (Wildman–Crippen LogP) is 3.51. The van der Waals surface area contributed by atoms with Gasteiger partial charge in [-0.15, -0.1) is 0 Å². The Kier molecular flexibility index (Phi) is 6.67. The molecule has 0 fully saturated rings. The summed E-state index contributed by atoms with van der Waals surface area (Å²) >= 11 is 14.0. The van der Waals surface area contributed by atoms with E-state index in [9.17, 15) is 0 Å². The highest BCUT2D eigenvalue weighted by atomic mass is 35.5. The molecule has 0 bridgehead atoms. The highest BCUT2D eigenvalue weighted by Gasteiger charge is 2.12. The van der Waals surface area contributed by atoms with Gasteiger partial charge in [-0.25, -0.2) is 0 Å². The Morgan fingerprint density at radius 3 is 2.65 bits per heavy atom. The summed E-state index contributed by atoms with van der Waals surface area (Å²) in [6, 6.07) is 5.89. The Hall–Kier alpha value is 0.0700. The molecule has 1 aromatic rings. The molecule has 1 aromatic carbocycles. The van der Waals surface area contributed by atoms with Crippen molar-refractivity contribution in [2.24, 2.45) is 5.84 Å². The van der Waals surface area contributed by atoms with E-state index >= 15 is 0 Å². The molecule has 0 radical (unpaired) electrons. The molecular weight excluding hydrogens is 275 g/mol. The molecule has 3 N–H and O–H groups in total. The summed E-state index contributed by atoms with van der Waals surface area (Å²) in [7, 11) is 0. The predicted molar refractivity (Wildman–Crippen MR) is 78.9 cm³/mol. The molecule has 96 valence electrons. The van der Waals surface area contributed by atoms with Crippen LogP contribution in [0.1, 0.15) is 19.4 Å². The van der Waals surface area contributed by atoms with Gasteiger partial charge in [-0.2, -0.15) is 11.8 Å². The highest BCUT2D eigenvalue weighted by molar-refractivity contribution is 7.99. The van der Waals surface area contributed by atoms with Gasteiger partial charge >= 0.3 is 0 Å². The minimum Gasteiger partial charge on any atom is -0.271 e. The van der Waals surface area contributed by atoms with Crippen molar-refractivity contribution < 1.29 is 0 Å². The zero-order valence-electron chi connectivity index (χ0n) is 10.0. The van der Waals surface area contributed by atoms with E-state index < -0.39 is 0 Å². The zero-order chi connectivity index (χ0) is 12.8. The van der Waals surface area contributed by atoms with Gasteiger partial charge in [0.05, 0.1) is 10.0 Å². The van der Waals surface area contributed by atoms with E-state index in [1.165, 1.54) is 0 Å². The first-order valence-corrected chi connectivity index (χ1v) is 7.35. The average molecular weight is 293 g/mol. The van der Waals surface area contributed by atoms with E-state index in [0.29, 0.717) is 15.3 Å². The van der Waals surface area contributed by atoms with Crippen LogP contribution in [0.25, 0.3) is 0 Å².